The minimum Gasteiger partial charge on any atom is -0.507 e. The number of amides is 1. The topological polar surface area (TPSA) is 73.1 Å². The summed E-state index contributed by atoms with van der Waals surface area (Å²) in [6, 6.07) is 13.1. The Morgan fingerprint density at radius 2 is 1.59 bits per heavy atom. The van der Waals surface area contributed by atoms with Gasteiger partial charge in [-0.2, -0.15) is 5.26 Å². The molecule has 0 bridgehead atoms. The number of nitrogens with zero attached hydrogens (tertiary/aromatic N) is 1. The molecule has 4 nitrogen and oxygen atoms in total. The van der Waals surface area contributed by atoms with Crippen molar-refractivity contribution >= 4 is 40.3 Å². The average molecular weight is 502 g/mol. The number of hydrogen-bond donors (Lipinski definition) is 2. The number of benzene rings is 2. The van der Waals surface area contributed by atoms with Crippen LogP contribution in [0.25, 0.3) is 6.08 Å². The Labute approximate surface area is 186 Å². The third kappa shape index (κ3) is 5.60. The standard InChI is InChI=1S/C24H27IN2O2/c1-23(2,3)17-12-15(13-18(21(17)28)24(4,5)6)11-16(14-26)22(29)27-20-10-8-7-9-19(20)25/h7-13,28H,1-6H3,(H,27,29)/b16-11-. The van der Waals surface area contributed by atoms with Crippen LogP contribution in [0.5, 0.6) is 5.75 Å². The lowest BCUT2D eigenvalue weighted by molar-refractivity contribution is -0.112. The maximum absolute atomic E-state index is 12.7. The molecule has 0 atom stereocenters. The number of aromatic hydroxyl groups is 1. The van der Waals surface area contributed by atoms with Crippen molar-refractivity contribution in [2.24, 2.45) is 0 Å². The number of hydrogen-bond acceptors (Lipinski definition) is 3. The zero-order valence-corrected chi connectivity index (χ0v) is 19.9. The summed E-state index contributed by atoms with van der Waals surface area (Å²) >= 11 is 2.14. The number of halogens is 1. The summed E-state index contributed by atoms with van der Waals surface area (Å²) in [4.78, 5) is 12.7. The van der Waals surface area contributed by atoms with Gasteiger partial charge in [-0.3, -0.25) is 4.79 Å². The number of anilines is 1. The quantitative estimate of drug-likeness (QED) is 0.301. The Morgan fingerprint density at radius 3 is 2.03 bits per heavy atom. The number of nitriles is 1. The molecule has 0 fully saturated rings. The first-order valence-corrected chi connectivity index (χ1v) is 10.5. The van der Waals surface area contributed by atoms with Crippen molar-refractivity contribution in [3.63, 3.8) is 0 Å². The van der Waals surface area contributed by atoms with Crippen LogP contribution in [-0.4, -0.2) is 11.0 Å². The zero-order chi connectivity index (χ0) is 22.0. The van der Waals surface area contributed by atoms with Gasteiger partial charge in [0.05, 0.1) is 5.69 Å². The van der Waals surface area contributed by atoms with Gasteiger partial charge in [0.25, 0.3) is 5.91 Å². The summed E-state index contributed by atoms with van der Waals surface area (Å²) in [5, 5.41) is 23.2. The molecule has 0 saturated carbocycles. The normalized spacial score (nSPS) is 12.4. The van der Waals surface area contributed by atoms with Crippen LogP contribution in [-0.2, 0) is 15.6 Å². The first-order valence-electron chi connectivity index (χ1n) is 9.40. The van der Waals surface area contributed by atoms with Crippen LogP contribution >= 0.6 is 22.6 Å². The molecule has 0 unspecified atom stereocenters. The largest absolute Gasteiger partial charge is 0.507 e. The lowest BCUT2D eigenvalue weighted by Crippen LogP contribution is -2.18. The van der Waals surface area contributed by atoms with E-state index in [2.05, 4.69) is 27.9 Å². The van der Waals surface area contributed by atoms with Gasteiger partial charge in [0, 0.05) is 14.7 Å². The molecule has 2 aromatic rings. The van der Waals surface area contributed by atoms with Crippen LogP contribution in [0.15, 0.2) is 42.0 Å². The van der Waals surface area contributed by atoms with Crippen molar-refractivity contribution in [3.05, 3.63) is 62.2 Å². The van der Waals surface area contributed by atoms with E-state index in [1.165, 1.54) is 0 Å². The molecule has 1 amide bonds. The van der Waals surface area contributed by atoms with E-state index in [9.17, 15) is 15.2 Å². The molecule has 2 N–H and O–H groups in total. The monoisotopic (exact) mass is 502 g/mol. The van der Waals surface area contributed by atoms with Crippen molar-refractivity contribution in [1.29, 1.82) is 5.26 Å². The molecule has 0 aromatic heterocycles. The molecule has 0 radical (unpaired) electrons. The molecule has 0 aliphatic rings. The number of para-hydroxylation sites is 1. The Bertz CT molecular complexity index is 968. The number of phenols is 1. The Balaban J connectivity index is 2.54. The molecule has 5 heteroatoms. The maximum Gasteiger partial charge on any atom is 0.266 e. The first-order chi connectivity index (χ1) is 13.3. The summed E-state index contributed by atoms with van der Waals surface area (Å²) in [5.41, 5.74) is 2.38. The Hall–Kier alpha value is -2.33. The number of rotatable bonds is 3. The fraction of sp³-hybridized carbons (Fsp3) is 0.333. The van der Waals surface area contributed by atoms with Gasteiger partial charge in [-0.15, -0.1) is 0 Å². The highest BCUT2D eigenvalue weighted by Gasteiger charge is 2.26. The van der Waals surface area contributed by atoms with E-state index in [0.717, 1.165) is 14.7 Å². The second kappa shape index (κ2) is 8.58. The van der Waals surface area contributed by atoms with E-state index < -0.39 is 5.91 Å². The number of phenolic OH excluding ortho intramolecular Hbond substituents is 1. The van der Waals surface area contributed by atoms with Crippen LogP contribution in [0, 0.1) is 14.9 Å². The SMILES string of the molecule is CC(C)(C)c1cc(/C=C(/C#N)C(=O)Nc2ccccc2I)cc(C(C)(C)C)c1O. The molecule has 0 spiro atoms. The van der Waals surface area contributed by atoms with Gasteiger partial charge < -0.3 is 10.4 Å². The summed E-state index contributed by atoms with van der Waals surface area (Å²) in [5.74, 6) is -0.191. The molecule has 29 heavy (non-hydrogen) atoms. The third-order valence-corrected chi connectivity index (χ3v) is 5.49. The fourth-order valence-electron chi connectivity index (χ4n) is 2.95. The summed E-state index contributed by atoms with van der Waals surface area (Å²) in [7, 11) is 0. The van der Waals surface area contributed by atoms with Crippen LogP contribution < -0.4 is 5.32 Å². The molecule has 2 aromatic carbocycles. The van der Waals surface area contributed by atoms with Crippen molar-refractivity contribution in [1.82, 2.24) is 0 Å². The highest BCUT2D eigenvalue weighted by atomic mass is 127. The third-order valence-electron chi connectivity index (χ3n) is 4.55. The molecule has 152 valence electrons. The van der Waals surface area contributed by atoms with Gasteiger partial charge in [0.15, 0.2) is 0 Å². The number of carbonyl (C=O) groups excluding carboxylic acids is 1. The Morgan fingerprint density at radius 1 is 1.07 bits per heavy atom. The lowest BCUT2D eigenvalue weighted by Gasteiger charge is -2.28. The molecule has 2 rings (SSSR count). The predicted octanol–water partition coefficient (Wildman–Crippen LogP) is 6.14. The average Bonchev–Trinajstić information content (AvgIpc) is 2.60. The van der Waals surface area contributed by atoms with Gasteiger partial charge in [-0.1, -0.05) is 53.7 Å². The van der Waals surface area contributed by atoms with E-state index in [-0.39, 0.29) is 22.2 Å². The van der Waals surface area contributed by atoms with Crippen LogP contribution in [0.1, 0.15) is 58.2 Å². The smallest absolute Gasteiger partial charge is 0.266 e. The van der Waals surface area contributed by atoms with Crippen LogP contribution in [0.3, 0.4) is 0 Å². The summed E-state index contributed by atoms with van der Waals surface area (Å²) in [6.45, 7) is 12.2. The second-order valence-electron chi connectivity index (χ2n) is 9.07. The fourth-order valence-corrected chi connectivity index (χ4v) is 3.47. The maximum atomic E-state index is 12.7. The first kappa shape index (κ1) is 23.0. The molecular weight excluding hydrogens is 475 g/mol. The van der Waals surface area contributed by atoms with E-state index in [1.807, 2.05) is 77.9 Å². The number of carbonyl (C=O) groups is 1. The van der Waals surface area contributed by atoms with Crippen LogP contribution in [0.4, 0.5) is 5.69 Å². The van der Waals surface area contributed by atoms with E-state index >= 15 is 0 Å². The van der Waals surface area contributed by atoms with Gasteiger partial charge in [-0.25, -0.2) is 0 Å². The van der Waals surface area contributed by atoms with E-state index in [1.54, 1.807) is 12.1 Å². The molecular formula is C24H27IN2O2. The van der Waals surface area contributed by atoms with Crippen molar-refractivity contribution < 1.29 is 9.90 Å². The highest BCUT2D eigenvalue weighted by Crippen LogP contribution is 2.40. The van der Waals surface area contributed by atoms with Crippen LogP contribution in [0.2, 0.25) is 0 Å². The van der Waals surface area contributed by atoms with Gasteiger partial charge in [-0.05, 0) is 69.3 Å². The molecule has 0 aliphatic carbocycles. The predicted molar refractivity (Wildman–Crippen MR) is 127 cm³/mol. The van der Waals surface area contributed by atoms with Crippen molar-refractivity contribution in [2.75, 3.05) is 5.32 Å². The summed E-state index contributed by atoms with van der Waals surface area (Å²) in [6.07, 6.45) is 1.58. The molecule has 0 aliphatic heterocycles. The highest BCUT2D eigenvalue weighted by molar-refractivity contribution is 14.1. The van der Waals surface area contributed by atoms with Gasteiger partial charge >= 0.3 is 0 Å². The van der Waals surface area contributed by atoms with E-state index in [4.69, 9.17) is 0 Å². The Kier molecular flexibility index (Phi) is 6.79. The van der Waals surface area contributed by atoms with Gasteiger partial charge in [0.2, 0.25) is 0 Å². The zero-order valence-electron chi connectivity index (χ0n) is 17.7. The molecule has 0 saturated heterocycles. The minimum atomic E-state index is -0.459. The lowest BCUT2D eigenvalue weighted by atomic mass is 9.78. The van der Waals surface area contributed by atoms with Crippen molar-refractivity contribution in [2.45, 2.75) is 52.4 Å². The van der Waals surface area contributed by atoms with E-state index in [0.29, 0.717) is 11.3 Å². The van der Waals surface area contributed by atoms with Crippen molar-refractivity contribution in [3.8, 4) is 11.8 Å². The molecule has 0 heterocycles. The summed E-state index contributed by atoms with van der Waals surface area (Å²) < 4.78 is 0.894. The number of nitrogens with one attached hydrogen (secondary N) is 1. The second-order valence-corrected chi connectivity index (χ2v) is 10.2. The minimum absolute atomic E-state index is 0.00932. The van der Waals surface area contributed by atoms with Gasteiger partial charge in [0.1, 0.15) is 17.4 Å².